The molecule has 1 aliphatic heterocycles. The average Bonchev–Trinajstić information content (AvgIpc) is 2.38. The van der Waals surface area contributed by atoms with Gasteiger partial charge in [-0.25, -0.2) is 0 Å². The number of pyridine rings is 1. The number of nitrogens with one attached hydrogen (secondary N) is 1. The number of carbonyl (C=O) groups is 1. The van der Waals surface area contributed by atoms with Crippen LogP contribution in [-0.4, -0.2) is 39.6 Å². The summed E-state index contributed by atoms with van der Waals surface area (Å²) in [6, 6.07) is 4.66. The van der Waals surface area contributed by atoms with Crippen molar-refractivity contribution in [3.05, 3.63) is 34.2 Å². The van der Waals surface area contributed by atoms with Crippen molar-refractivity contribution in [1.82, 2.24) is 9.88 Å². The van der Waals surface area contributed by atoms with Gasteiger partial charge in [0.25, 0.3) is 5.91 Å². The maximum absolute atomic E-state index is 12.4. The zero-order chi connectivity index (χ0) is 13.8. The molecule has 0 radical (unpaired) electrons. The Balaban J connectivity index is 2.17. The van der Waals surface area contributed by atoms with Gasteiger partial charge < -0.3 is 15.0 Å². The molecule has 2 atom stereocenters. The maximum Gasteiger partial charge on any atom is 0.270 e. The molecule has 19 heavy (non-hydrogen) atoms. The van der Waals surface area contributed by atoms with Gasteiger partial charge in [0.2, 0.25) is 5.56 Å². The first-order chi connectivity index (χ1) is 9.08. The van der Waals surface area contributed by atoms with Crippen molar-refractivity contribution in [3.63, 3.8) is 0 Å². The van der Waals surface area contributed by atoms with Crippen molar-refractivity contribution < 1.29 is 9.90 Å². The lowest BCUT2D eigenvalue weighted by molar-refractivity contribution is 0.0509. The highest BCUT2D eigenvalue weighted by molar-refractivity contribution is 5.92. The van der Waals surface area contributed by atoms with Crippen LogP contribution in [0.4, 0.5) is 0 Å². The Morgan fingerprint density at radius 3 is 3.00 bits per heavy atom. The van der Waals surface area contributed by atoms with E-state index in [0.29, 0.717) is 18.7 Å². The SMILES string of the molecule is CC(O)CC1CCCCN1C(=O)c1cccc(=O)[nH]1. The van der Waals surface area contributed by atoms with E-state index >= 15 is 0 Å². The minimum atomic E-state index is -0.423. The first-order valence-electron chi connectivity index (χ1n) is 6.76. The van der Waals surface area contributed by atoms with Crippen LogP contribution in [0.3, 0.4) is 0 Å². The summed E-state index contributed by atoms with van der Waals surface area (Å²) >= 11 is 0. The number of aromatic amines is 1. The highest BCUT2D eigenvalue weighted by Gasteiger charge is 2.28. The average molecular weight is 264 g/mol. The van der Waals surface area contributed by atoms with E-state index in [-0.39, 0.29) is 17.5 Å². The Hall–Kier alpha value is -1.62. The molecule has 1 amide bonds. The number of aliphatic hydroxyl groups is 1. The number of aromatic nitrogens is 1. The number of carbonyl (C=O) groups excluding carboxylic acids is 1. The van der Waals surface area contributed by atoms with Gasteiger partial charge in [0.1, 0.15) is 5.69 Å². The molecule has 0 aliphatic carbocycles. The number of H-pyrrole nitrogens is 1. The molecule has 1 aromatic heterocycles. The number of amides is 1. The molecule has 0 aromatic carbocycles. The van der Waals surface area contributed by atoms with Gasteiger partial charge in [0, 0.05) is 18.7 Å². The van der Waals surface area contributed by atoms with E-state index in [2.05, 4.69) is 4.98 Å². The van der Waals surface area contributed by atoms with Crippen molar-refractivity contribution in [3.8, 4) is 0 Å². The summed E-state index contributed by atoms with van der Waals surface area (Å²) in [5, 5.41) is 9.52. The molecular formula is C14H20N2O3. The first-order valence-corrected chi connectivity index (χ1v) is 6.76. The fourth-order valence-electron chi connectivity index (χ4n) is 2.63. The molecule has 5 nitrogen and oxygen atoms in total. The number of hydrogen-bond donors (Lipinski definition) is 2. The summed E-state index contributed by atoms with van der Waals surface area (Å²) in [7, 11) is 0. The monoisotopic (exact) mass is 264 g/mol. The van der Waals surface area contributed by atoms with Gasteiger partial charge in [-0.2, -0.15) is 0 Å². The lowest BCUT2D eigenvalue weighted by Crippen LogP contribution is -2.45. The molecule has 1 saturated heterocycles. The zero-order valence-electron chi connectivity index (χ0n) is 11.1. The number of rotatable bonds is 3. The molecule has 5 heteroatoms. The Morgan fingerprint density at radius 2 is 2.32 bits per heavy atom. The van der Waals surface area contributed by atoms with E-state index in [0.717, 1.165) is 19.3 Å². The first kappa shape index (κ1) is 13.8. The third-order valence-corrected chi connectivity index (χ3v) is 3.50. The zero-order valence-corrected chi connectivity index (χ0v) is 11.1. The number of nitrogens with zero attached hydrogens (tertiary/aromatic N) is 1. The van der Waals surface area contributed by atoms with Gasteiger partial charge in [-0.15, -0.1) is 0 Å². The van der Waals surface area contributed by atoms with Gasteiger partial charge >= 0.3 is 0 Å². The van der Waals surface area contributed by atoms with Crippen molar-refractivity contribution in [2.45, 2.75) is 44.8 Å². The van der Waals surface area contributed by atoms with Crippen LogP contribution >= 0.6 is 0 Å². The molecule has 2 N–H and O–H groups in total. The summed E-state index contributed by atoms with van der Waals surface area (Å²) in [6.45, 7) is 2.43. The lowest BCUT2D eigenvalue weighted by Gasteiger charge is -2.36. The molecule has 2 unspecified atom stereocenters. The van der Waals surface area contributed by atoms with Crippen molar-refractivity contribution >= 4 is 5.91 Å². The fraction of sp³-hybridized carbons (Fsp3) is 0.571. The van der Waals surface area contributed by atoms with Gasteiger partial charge in [-0.1, -0.05) is 6.07 Å². The summed E-state index contributed by atoms with van der Waals surface area (Å²) in [5.41, 5.74) is 0.0555. The number of aliphatic hydroxyl groups excluding tert-OH is 1. The third kappa shape index (κ3) is 3.44. The van der Waals surface area contributed by atoms with Crippen molar-refractivity contribution in [1.29, 1.82) is 0 Å². The Kier molecular flexibility index (Phi) is 4.37. The number of piperidine rings is 1. The molecule has 0 spiro atoms. The predicted molar refractivity (Wildman–Crippen MR) is 72.0 cm³/mol. The molecule has 1 fully saturated rings. The van der Waals surface area contributed by atoms with Crippen LogP contribution in [0, 0.1) is 0 Å². The Labute approximate surface area is 112 Å². The van der Waals surface area contributed by atoms with Gasteiger partial charge in [-0.05, 0) is 38.7 Å². The Bertz CT molecular complexity index is 495. The van der Waals surface area contributed by atoms with E-state index in [1.165, 1.54) is 6.07 Å². The van der Waals surface area contributed by atoms with Crippen molar-refractivity contribution in [2.24, 2.45) is 0 Å². The second kappa shape index (κ2) is 6.02. The second-order valence-corrected chi connectivity index (χ2v) is 5.16. The fourth-order valence-corrected chi connectivity index (χ4v) is 2.63. The molecule has 1 aromatic rings. The quantitative estimate of drug-likeness (QED) is 0.859. The molecule has 2 heterocycles. The largest absolute Gasteiger partial charge is 0.393 e. The van der Waals surface area contributed by atoms with Gasteiger partial charge in [-0.3, -0.25) is 9.59 Å². The van der Waals surface area contributed by atoms with E-state index in [4.69, 9.17) is 0 Å². The minimum absolute atomic E-state index is 0.0601. The smallest absolute Gasteiger partial charge is 0.270 e. The van der Waals surface area contributed by atoms with Crippen LogP contribution in [0.2, 0.25) is 0 Å². The molecule has 2 rings (SSSR count). The van der Waals surface area contributed by atoms with E-state index < -0.39 is 6.10 Å². The van der Waals surface area contributed by atoms with Crippen LogP contribution in [-0.2, 0) is 0 Å². The topological polar surface area (TPSA) is 73.4 Å². The van der Waals surface area contributed by atoms with E-state index in [1.54, 1.807) is 24.0 Å². The van der Waals surface area contributed by atoms with Crippen LogP contribution in [0.25, 0.3) is 0 Å². The Morgan fingerprint density at radius 1 is 1.53 bits per heavy atom. The van der Waals surface area contributed by atoms with Crippen LogP contribution in [0.15, 0.2) is 23.0 Å². The molecule has 1 aliphatic rings. The molecule has 0 bridgehead atoms. The third-order valence-electron chi connectivity index (χ3n) is 3.50. The van der Waals surface area contributed by atoms with Crippen LogP contribution < -0.4 is 5.56 Å². The van der Waals surface area contributed by atoms with Gasteiger partial charge in [0.15, 0.2) is 0 Å². The number of likely N-dealkylation sites (tertiary alicyclic amines) is 1. The van der Waals surface area contributed by atoms with Crippen LogP contribution in [0.5, 0.6) is 0 Å². The summed E-state index contributed by atoms with van der Waals surface area (Å²) < 4.78 is 0. The number of hydrogen-bond acceptors (Lipinski definition) is 3. The molecule has 104 valence electrons. The summed E-state index contributed by atoms with van der Waals surface area (Å²) in [5.74, 6) is -0.150. The summed E-state index contributed by atoms with van der Waals surface area (Å²) in [4.78, 5) is 28.0. The molecule has 0 saturated carbocycles. The van der Waals surface area contributed by atoms with Gasteiger partial charge in [0.05, 0.1) is 6.10 Å². The van der Waals surface area contributed by atoms with Crippen molar-refractivity contribution in [2.75, 3.05) is 6.54 Å². The summed E-state index contributed by atoms with van der Waals surface area (Å²) in [6.07, 6.45) is 3.12. The van der Waals surface area contributed by atoms with E-state index in [1.807, 2.05) is 0 Å². The maximum atomic E-state index is 12.4. The molecular weight excluding hydrogens is 244 g/mol. The lowest BCUT2D eigenvalue weighted by atomic mass is 9.97. The standard InChI is InChI=1S/C14H20N2O3/c1-10(17)9-11-5-2-3-8-16(11)14(19)12-6-4-7-13(18)15-12/h4,6-7,10-11,17H,2-3,5,8-9H2,1H3,(H,15,18). The second-order valence-electron chi connectivity index (χ2n) is 5.16. The van der Waals surface area contributed by atoms with Crippen LogP contribution in [0.1, 0.15) is 43.1 Å². The highest BCUT2D eigenvalue weighted by Crippen LogP contribution is 2.22. The van der Waals surface area contributed by atoms with E-state index in [9.17, 15) is 14.7 Å². The normalized spacial score (nSPS) is 21.2. The predicted octanol–water partition coefficient (Wildman–Crippen LogP) is 1.14. The minimum Gasteiger partial charge on any atom is -0.393 e. The highest BCUT2D eigenvalue weighted by atomic mass is 16.3.